The van der Waals surface area contributed by atoms with Gasteiger partial charge in [-0.25, -0.2) is 0 Å². The van der Waals surface area contributed by atoms with Gasteiger partial charge < -0.3 is 10.6 Å². The molecule has 0 radical (unpaired) electrons. The van der Waals surface area contributed by atoms with Crippen molar-refractivity contribution in [3.05, 3.63) is 0 Å². The normalized spacial score (nSPS) is 29.0. The Morgan fingerprint density at radius 3 is 2.30 bits per heavy atom. The van der Waals surface area contributed by atoms with Crippen LogP contribution in [0.2, 0.25) is 0 Å². The molecule has 2 aliphatic rings. The van der Waals surface area contributed by atoms with E-state index in [-0.39, 0.29) is 24.0 Å². The second-order valence-electron chi connectivity index (χ2n) is 5.64. The fraction of sp³-hybridized carbons (Fsp3) is 0.929. The first-order valence-corrected chi connectivity index (χ1v) is 8.98. The van der Waals surface area contributed by atoms with Crippen LogP contribution in [0.5, 0.6) is 0 Å². The predicted octanol–water partition coefficient (Wildman–Crippen LogP) is 2.40. The zero-order valence-electron chi connectivity index (χ0n) is 12.6. The summed E-state index contributed by atoms with van der Waals surface area (Å²) in [6, 6.07) is 1.04. The molecule has 0 heterocycles. The van der Waals surface area contributed by atoms with Gasteiger partial charge in [-0.05, 0) is 38.5 Å². The maximum atomic E-state index is 11.9. The lowest BCUT2D eigenvalue weighted by atomic mass is 9.93. The molecule has 0 saturated heterocycles. The third-order valence-electron chi connectivity index (χ3n) is 4.29. The molecular formula is C14H28IN3OS. The highest BCUT2D eigenvalue weighted by Gasteiger charge is 2.27. The van der Waals surface area contributed by atoms with Crippen LogP contribution < -0.4 is 10.6 Å². The van der Waals surface area contributed by atoms with Gasteiger partial charge in [-0.3, -0.25) is 9.20 Å². The lowest BCUT2D eigenvalue weighted by Crippen LogP contribution is -2.51. The lowest BCUT2D eigenvalue weighted by Gasteiger charge is -2.33. The Labute approximate surface area is 142 Å². The molecule has 0 aromatic rings. The number of aliphatic imine (C=N–C) groups is 1. The summed E-state index contributed by atoms with van der Waals surface area (Å²) in [5.41, 5.74) is 0. The summed E-state index contributed by atoms with van der Waals surface area (Å²) in [7, 11) is 1.18. The maximum Gasteiger partial charge on any atom is 0.191 e. The summed E-state index contributed by atoms with van der Waals surface area (Å²) < 4.78 is 11.9. The van der Waals surface area contributed by atoms with E-state index in [0.717, 1.165) is 24.6 Å². The van der Waals surface area contributed by atoms with Gasteiger partial charge in [-0.2, -0.15) is 0 Å². The Kier molecular flexibility index (Phi) is 8.39. The van der Waals surface area contributed by atoms with Crippen LogP contribution in [0.3, 0.4) is 0 Å². The van der Waals surface area contributed by atoms with Gasteiger partial charge in [0.1, 0.15) is 0 Å². The number of hydrogen-bond acceptors (Lipinski definition) is 2. The van der Waals surface area contributed by atoms with Crippen LogP contribution in [-0.4, -0.2) is 40.3 Å². The second-order valence-corrected chi connectivity index (χ2v) is 7.65. The highest BCUT2D eigenvalue weighted by molar-refractivity contribution is 14.0. The number of hydrogen-bond donors (Lipinski definition) is 2. The van der Waals surface area contributed by atoms with Crippen molar-refractivity contribution in [2.24, 2.45) is 4.99 Å². The highest BCUT2D eigenvalue weighted by Crippen LogP contribution is 2.23. The monoisotopic (exact) mass is 413 g/mol. The molecule has 0 spiro atoms. The lowest BCUT2D eigenvalue weighted by molar-refractivity contribution is 0.369. The Hall–Kier alpha value is 0.150. The molecule has 0 amide bonds. The molecular weight excluding hydrogens is 385 g/mol. The zero-order valence-corrected chi connectivity index (χ0v) is 15.7. The molecule has 0 aromatic heterocycles. The standard InChI is InChI=1S/C14H27N3OS.HI/c1-3-19(18)13-9-5-8-12(10-13)17-14(15-2)16-11-6-4-7-11;/h11-13H,3-10H2,1-2H3,(H2,15,16,17);1H. The van der Waals surface area contributed by atoms with Crippen molar-refractivity contribution in [2.75, 3.05) is 12.8 Å². The minimum Gasteiger partial charge on any atom is -0.354 e. The van der Waals surface area contributed by atoms with E-state index in [1.165, 1.54) is 32.1 Å². The molecule has 2 saturated carbocycles. The molecule has 2 aliphatic carbocycles. The summed E-state index contributed by atoms with van der Waals surface area (Å²) in [5, 5.41) is 7.36. The zero-order chi connectivity index (χ0) is 13.7. The minimum atomic E-state index is -0.652. The van der Waals surface area contributed by atoms with Gasteiger partial charge in [0, 0.05) is 40.9 Å². The van der Waals surface area contributed by atoms with Crippen LogP contribution in [0, 0.1) is 0 Å². The predicted molar refractivity (Wildman–Crippen MR) is 97.4 cm³/mol. The molecule has 4 nitrogen and oxygen atoms in total. The van der Waals surface area contributed by atoms with E-state index >= 15 is 0 Å². The Morgan fingerprint density at radius 2 is 1.75 bits per heavy atom. The van der Waals surface area contributed by atoms with Gasteiger partial charge in [0.05, 0.1) is 0 Å². The number of halogens is 1. The van der Waals surface area contributed by atoms with Crippen molar-refractivity contribution in [1.82, 2.24) is 10.6 Å². The van der Waals surface area contributed by atoms with Gasteiger partial charge in [0.15, 0.2) is 5.96 Å². The van der Waals surface area contributed by atoms with Gasteiger partial charge in [-0.15, -0.1) is 24.0 Å². The largest absolute Gasteiger partial charge is 0.354 e. The van der Waals surface area contributed by atoms with E-state index in [2.05, 4.69) is 15.6 Å². The number of guanidine groups is 1. The molecule has 6 heteroatoms. The number of nitrogens with zero attached hydrogens (tertiary/aromatic N) is 1. The Bertz CT molecular complexity index is 347. The summed E-state index contributed by atoms with van der Waals surface area (Å²) in [4.78, 5) is 4.31. The van der Waals surface area contributed by atoms with E-state index in [1.807, 2.05) is 14.0 Å². The molecule has 0 bridgehead atoms. The molecule has 0 aliphatic heterocycles. The first kappa shape index (κ1) is 18.2. The number of nitrogens with one attached hydrogen (secondary N) is 2. The average Bonchev–Trinajstić information content (AvgIpc) is 2.40. The first-order valence-electron chi connectivity index (χ1n) is 7.60. The van der Waals surface area contributed by atoms with Crippen molar-refractivity contribution in [1.29, 1.82) is 0 Å². The molecule has 2 rings (SSSR count). The first-order chi connectivity index (χ1) is 9.22. The third-order valence-corrected chi connectivity index (χ3v) is 6.03. The van der Waals surface area contributed by atoms with Crippen molar-refractivity contribution in [2.45, 2.75) is 69.2 Å². The van der Waals surface area contributed by atoms with E-state index < -0.39 is 10.8 Å². The highest BCUT2D eigenvalue weighted by atomic mass is 127. The van der Waals surface area contributed by atoms with E-state index in [1.54, 1.807) is 0 Å². The Balaban J connectivity index is 0.00000200. The van der Waals surface area contributed by atoms with Crippen LogP contribution >= 0.6 is 24.0 Å². The van der Waals surface area contributed by atoms with Crippen LogP contribution in [0.25, 0.3) is 0 Å². The van der Waals surface area contributed by atoms with Crippen LogP contribution in [-0.2, 0) is 10.8 Å². The molecule has 3 atom stereocenters. The fourth-order valence-corrected chi connectivity index (χ4v) is 4.21. The van der Waals surface area contributed by atoms with Crippen molar-refractivity contribution in [3.8, 4) is 0 Å². The van der Waals surface area contributed by atoms with Crippen LogP contribution in [0.4, 0.5) is 0 Å². The summed E-state index contributed by atoms with van der Waals surface area (Å²) in [6.07, 6.45) is 8.33. The summed E-state index contributed by atoms with van der Waals surface area (Å²) >= 11 is 0. The molecule has 0 aromatic carbocycles. The Morgan fingerprint density at radius 1 is 1.15 bits per heavy atom. The van der Waals surface area contributed by atoms with Gasteiger partial charge in [0.25, 0.3) is 0 Å². The van der Waals surface area contributed by atoms with Gasteiger partial charge >= 0.3 is 0 Å². The van der Waals surface area contributed by atoms with E-state index in [0.29, 0.717) is 17.3 Å². The van der Waals surface area contributed by atoms with E-state index in [9.17, 15) is 4.21 Å². The van der Waals surface area contributed by atoms with Crippen LogP contribution in [0.1, 0.15) is 51.9 Å². The van der Waals surface area contributed by atoms with Crippen molar-refractivity contribution < 1.29 is 4.21 Å². The van der Waals surface area contributed by atoms with E-state index in [4.69, 9.17) is 0 Å². The quantitative estimate of drug-likeness (QED) is 0.423. The maximum absolute atomic E-state index is 11.9. The summed E-state index contributed by atoms with van der Waals surface area (Å²) in [5.74, 6) is 1.71. The topological polar surface area (TPSA) is 53.5 Å². The third kappa shape index (κ3) is 5.16. The molecule has 2 N–H and O–H groups in total. The number of rotatable bonds is 4. The molecule has 2 fully saturated rings. The molecule has 118 valence electrons. The van der Waals surface area contributed by atoms with Crippen LogP contribution in [0.15, 0.2) is 4.99 Å². The minimum absolute atomic E-state index is 0. The van der Waals surface area contributed by atoms with Gasteiger partial charge in [-0.1, -0.05) is 13.3 Å². The SMILES string of the molecule is CCS(=O)C1CCCC(NC(=NC)NC2CCC2)C1.I. The summed E-state index contributed by atoms with van der Waals surface area (Å²) in [6.45, 7) is 2.02. The molecule has 3 unspecified atom stereocenters. The fourth-order valence-electron chi connectivity index (χ4n) is 2.86. The van der Waals surface area contributed by atoms with Gasteiger partial charge in [0.2, 0.25) is 0 Å². The average molecular weight is 413 g/mol. The second kappa shape index (κ2) is 9.23. The molecule has 20 heavy (non-hydrogen) atoms. The smallest absolute Gasteiger partial charge is 0.191 e. The van der Waals surface area contributed by atoms with Crippen molar-refractivity contribution in [3.63, 3.8) is 0 Å². The van der Waals surface area contributed by atoms with Crippen molar-refractivity contribution >= 4 is 40.7 Å².